The van der Waals surface area contributed by atoms with Gasteiger partial charge in [-0.15, -0.1) is 0 Å². The zero-order valence-corrected chi connectivity index (χ0v) is 9.87. The molecule has 4 heteroatoms. The summed E-state index contributed by atoms with van der Waals surface area (Å²) in [5.41, 5.74) is 6.15. The summed E-state index contributed by atoms with van der Waals surface area (Å²) >= 11 is 0. The maximum Gasteiger partial charge on any atom is 0.227 e. The highest BCUT2D eigenvalue weighted by Crippen LogP contribution is 2.45. The molecule has 0 aliphatic heterocycles. The molecule has 1 aliphatic carbocycles. The molecule has 1 unspecified atom stereocenters. The minimum absolute atomic E-state index is 0.0109. The summed E-state index contributed by atoms with van der Waals surface area (Å²) in [5, 5.41) is 2.93. The maximum atomic E-state index is 12.8. The monoisotopic (exact) mass is 236 g/mol. The van der Waals surface area contributed by atoms with Crippen LogP contribution in [0.15, 0.2) is 24.3 Å². The van der Waals surface area contributed by atoms with Crippen LogP contribution in [0.4, 0.5) is 4.39 Å². The first-order valence-electron chi connectivity index (χ1n) is 5.84. The average Bonchev–Trinajstić information content (AvgIpc) is 3.10. The number of carbonyl (C=O) groups is 1. The quantitative estimate of drug-likeness (QED) is 0.836. The lowest BCUT2D eigenvalue weighted by atomic mass is 10.0. The first kappa shape index (κ1) is 12.0. The van der Waals surface area contributed by atoms with Crippen LogP contribution in [-0.2, 0) is 4.79 Å². The van der Waals surface area contributed by atoms with Crippen LogP contribution in [0, 0.1) is 11.2 Å². The van der Waals surface area contributed by atoms with E-state index in [-0.39, 0.29) is 23.2 Å². The van der Waals surface area contributed by atoms with Crippen molar-refractivity contribution in [1.82, 2.24) is 5.32 Å². The van der Waals surface area contributed by atoms with Gasteiger partial charge in [0.15, 0.2) is 0 Å². The van der Waals surface area contributed by atoms with E-state index < -0.39 is 0 Å². The van der Waals surface area contributed by atoms with Gasteiger partial charge in [-0.05, 0) is 37.5 Å². The number of hydrogen-bond acceptors (Lipinski definition) is 2. The Kier molecular flexibility index (Phi) is 3.15. The van der Waals surface area contributed by atoms with Crippen molar-refractivity contribution >= 4 is 5.91 Å². The van der Waals surface area contributed by atoms with Crippen molar-refractivity contribution < 1.29 is 9.18 Å². The highest BCUT2D eigenvalue weighted by molar-refractivity contribution is 5.85. The molecule has 0 bridgehead atoms. The third-order valence-corrected chi connectivity index (χ3v) is 3.44. The van der Waals surface area contributed by atoms with Gasteiger partial charge in [-0.25, -0.2) is 4.39 Å². The van der Waals surface area contributed by atoms with Gasteiger partial charge in [0.25, 0.3) is 0 Å². The predicted molar refractivity (Wildman–Crippen MR) is 63.7 cm³/mol. The first-order valence-corrected chi connectivity index (χ1v) is 5.84. The van der Waals surface area contributed by atoms with Crippen LogP contribution in [0.3, 0.4) is 0 Å². The van der Waals surface area contributed by atoms with Crippen LogP contribution in [0.1, 0.15) is 31.4 Å². The number of nitrogens with one attached hydrogen (secondary N) is 1. The van der Waals surface area contributed by atoms with Crippen molar-refractivity contribution in [3.63, 3.8) is 0 Å². The van der Waals surface area contributed by atoms with Gasteiger partial charge in [0.2, 0.25) is 5.91 Å². The summed E-state index contributed by atoms with van der Waals surface area (Å²) in [6.07, 6.45) is 1.73. The zero-order valence-electron chi connectivity index (χ0n) is 9.87. The Morgan fingerprint density at radius 3 is 2.53 bits per heavy atom. The second-order valence-corrected chi connectivity index (χ2v) is 4.73. The molecule has 0 saturated heterocycles. The van der Waals surface area contributed by atoms with E-state index in [2.05, 4.69) is 5.32 Å². The molecule has 17 heavy (non-hydrogen) atoms. The third kappa shape index (κ3) is 2.47. The Labute approximate surface area is 100 Å². The second kappa shape index (κ2) is 4.45. The van der Waals surface area contributed by atoms with E-state index in [0.717, 1.165) is 18.4 Å². The maximum absolute atomic E-state index is 12.8. The van der Waals surface area contributed by atoms with E-state index >= 15 is 0 Å². The molecule has 0 heterocycles. The number of rotatable bonds is 4. The predicted octanol–water partition coefficient (Wildman–Crippen LogP) is 1.74. The number of nitrogens with two attached hydrogens (primary N) is 1. The van der Waals surface area contributed by atoms with Crippen molar-refractivity contribution in [1.29, 1.82) is 0 Å². The summed E-state index contributed by atoms with van der Waals surface area (Å²) in [7, 11) is 0. The molecule has 0 spiro atoms. The van der Waals surface area contributed by atoms with Gasteiger partial charge < -0.3 is 11.1 Å². The molecule has 1 saturated carbocycles. The number of halogens is 1. The fourth-order valence-corrected chi connectivity index (χ4v) is 1.86. The Morgan fingerprint density at radius 1 is 1.47 bits per heavy atom. The Hall–Kier alpha value is -1.42. The summed E-state index contributed by atoms with van der Waals surface area (Å²) in [4.78, 5) is 11.9. The van der Waals surface area contributed by atoms with E-state index in [1.807, 2.05) is 6.92 Å². The molecule has 3 nitrogen and oxygen atoms in total. The summed E-state index contributed by atoms with van der Waals surface area (Å²) in [6, 6.07) is 6.04. The summed E-state index contributed by atoms with van der Waals surface area (Å²) in [5.74, 6) is -0.260. The Bertz CT molecular complexity index is 412. The molecule has 1 aliphatic rings. The Morgan fingerprint density at radius 2 is 2.06 bits per heavy atom. The lowest BCUT2D eigenvalue weighted by molar-refractivity contribution is -0.126. The number of amides is 1. The minimum Gasteiger partial charge on any atom is -0.349 e. The lowest BCUT2D eigenvalue weighted by Gasteiger charge is -2.18. The molecular formula is C13H17FN2O. The Balaban J connectivity index is 1.99. The van der Waals surface area contributed by atoms with Crippen molar-refractivity contribution in [2.75, 3.05) is 6.54 Å². The normalized spacial score (nSPS) is 18.5. The van der Waals surface area contributed by atoms with Crippen molar-refractivity contribution in [2.24, 2.45) is 11.1 Å². The molecule has 1 aromatic carbocycles. The van der Waals surface area contributed by atoms with Gasteiger partial charge in [-0.2, -0.15) is 0 Å². The molecule has 2 rings (SSSR count). The fourth-order valence-electron chi connectivity index (χ4n) is 1.86. The summed E-state index contributed by atoms with van der Waals surface area (Å²) < 4.78 is 12.8. The van der Waals surface area contributed by atoms with Gasteiger partial charge >= 0.3 is 0 Å². The van der Waals surface area contributed by atoms with Crippen LogP contribution in [0.5, 0.6) is 0 Å². The highest BCUT2D eigenvalue weighted by Gasteiger charge is 2.48. The molecule has 0 aromatic heterocycles. The van der Waals surface area contributed by atoms with Gasteiger partial charge in [0.1, 0.15) is 5.82 Å². The SMILES string of the molecule is CC(NC(=O)C1(CN)CC1)c1ccc(F)cc1. The van der Waals surface area contributed by atoms with E-state index in [1.54, 1.807) is 12.1 Å². The smallest absolute Gasteiger partial charge is 0.227 e. The van der Waals surface area contributed by atoms with Crippen molar-refractivity contribution in [3.8, 4) is 0 Å². The molecule has 0 radical (unpaired) electrons. The van der Waals surface area contributed by atoms with Gasteiger partial charge in [-0.3, -0.25) is 4.79 Å². The van der Waals surface area contributed by atoms with Gasteiger partial charge in [-0.1, -0.05) is 12.1 Å². The summed E-state index contributed by atoms with van der Waals surface area (Å²) in [6.45, 7) is 2.28. The standard InChI is InChI=1S/C13H17FN2O/c1-9(10-2-4-11(14)5-3-10)16-12(17)13(8-15)6-7-13/h2-5,9H,6-8,15H2,1H3,(H,16,17). The second-order valence-electron chi connectivity index (χ2n) is 4.73. The van der Waals surface area contributed by atoms with E-state index in [4.69, 9.17) is 5.73 Å². The van der Waals surface area contributed by atoms with Crippen LogP contribution < -0.4 is 11.1 Å². The molecule has 92 valence electrons. The van der Waals surface area contributed by atoms with E-state index in [9.17, 15) is 9.18 Å². The highest BCUT2D eigenvalue weighted by atomic mass is 19.1. The number of carbonyl (C=O) groups excluding carboxylic acids is 1. The molecular weight excluding hydrogens is 219 g/mol. The van der Waals surface area contributed by atoms with Crippen LogP contribution >= 0.6 is 0 Å². The van der Waals surface area contributed by atoms with Gasteiger partial charge in [0, 0.05) is 6.54 Å². The van der Waals surface area contributed by atoms with E-state index in [0.29, 0.717) is 6.54 Å². The van der Waals surface area contributed by atoms with Crippen molar-refractivity contribution in [2.45, 2.75) is 25.8 Å². The van der Waals surface area contributed by atoms with Crippen molar-refractivity contribution in [3.05, 3.63) is 35.6 Å². The largest absolute Gasteiger partial charge is 0.349 e. The number of hydrogen-bond donors (Lipinski definition) is 2. The third-order valence-electron chi connectivity index (χ3n) is 3.44. The molecule has 3 N–H and O–H groups in total. The lowest BCUT2D eigenvalue weighted by Crippen LogP contribution is -2.37. The molecule has 1 amide bonds. The van der Waals surface area contributed by atoms with Gasteiger partial charge in [0.05, 0.1) is 11.5 Å². The fraction of sp³-hybridized carbons (Fsp3) is 0.462. The molecule has 1 aromatic rings. The van der Waals surface area contributed by atoms with E-state index in [1.165, 1.54) is 12.1 Å². The van der Waals surface area contributed by atoms with Crippen LogP contribution in [0.2, 0.25) is 0 Å². The number of benzene rings is 1. The first-order chi connectivity index (χ1) is 8.07. The molecule has 1 atom stereocenters. The van der Waals surface area contributed by atoms with Crippen LogP contribution in [-0.4, -0.2) is 12.5 Å². The molecule has 1 fully saturated rings. The average molecular weight is 236 g/mol. The zero-order chi connectivity index (χ0) is 12.5. The topological polar surface area (TPSA) is 55.1 Å². The minimum atomic E-state index is -0.339. The van der Waals surface area contributed by atoms with Crippen LogP contribution in [0.25, 0.3) is 0 Å².